The van der Waals surface area contributed by atoms with E-state index >= 15 is 0 Å². The number of hydrogen-bond donors (Lipinski definition) is 1. The van der Waals surface area contributed by atoms with E-state index in [0.29, 0.717) is 13.0 Å². The van der Waals surface area contributed by atoms with Crippen molar-refractivity contribution >= 4 is 0 Å². The molecule has 0 aliphatic carbocycles. The number of nitrogens with two attached hydrogens (primary N) is 1. The minimum Gasteiger partial charge on any atom is -0.306 e. The number of rotatable bonds is 3. The molecule has 1 unspecified atom stereocenters. The fraction of sp³-hybridized carbons (Fsp3) is 1.00. The van der Waals surface area contributed by atoms with Crippen molar-refractivity contribution in [2.75, 3.05) is 26.7 Å². The van der Waals surface area contributed by atoms with Crippen LogP contribution in [-0.4, -0.2) is 37.6 Å². The van der Waals surface area contributed by atoms with Crippen molar-refractivity contribution in [1.82, 2.24) is 4.90 Å². The van der Waals surface area contributed by atoms with Crippen LogP contribution in [0.15, 0.2) is 0 Å². The number of nitrogens with zero attached hydrogens (tertiary/aromatic N) is 1. The van der Waals surface area contributed by atoms with E-state index in [0.717, 1.165) is 6.54 Å². The number of hydrogen-bond acceptors (Lipinski definition) is 3. The van der Waals surface area contributed by atoms with E-state index in [9.17, 15) is 8.78 Å². The second-order valence-corrected chi connectivity index (χ2v) is 3.32. The van der Waals surface area contributed by atoms with Crippen LogP contribution in [-0.2, 0) is 4.84 Å². The lowest BCUT2D eigenvalue weighted by Gasteiger charge is -2.21. The Morgan fingerprint density at radius 3 is 2.75 bits per heavy atom. The highest BCUT2D eigenvalue weighted by Gasteiger charge is 2.42. The Hall–Kier alpha value is -0.260. The van der Waals surface area contributed by atoms with Gasteiger partial charge in [-0.1, -0.05) is 0 Å². The van der Waals surface area contributed by atoms with Crippen LogP contribution >= 0.6 is 0 Å². The van der Waals surface area contributed by atoms with Gasteiger partial charge in [0.25, 0.3) is 5.92 Å². The normalized spacial score (nSPS) is 26.5. The first-order valence-corrected chi connectivity index (χ1v) is 3.94. The molecule has 5 heteroatoms. The summed E-state index contributed by atoms with van der Waals surface area (Å²) < 4.78 is 26.1. The minimum absolute atomic E-state index is 0.427. The van der Waals surface area contributed by atoms with Gasteiger partial charge in [0.2, 0.25) is 0 Å². The largest absolute Gasteiger partial charge is 0.306 e. The molecule has 0 spiro atoms. The zero-order valence-corrected chi connectivity index (χ0v) is 7.09. The Morgan fingerprint density at radius 2 is 2.33 bits per heavy atom. The van der Waals surface area contributed by atoms with Crippen LogP contribution in [0.4, 0.5) is 8.78 Å². The molecule has 1 saturated heterocycles. The van der Waals surface area contributed by atoms with Gasteiger partial charge in [0.05, 0.1) is 0 Å². The maximum absolute atomic E-state index is 13.1. The molecule has 72 valence electrons. The fourth-order valence-electron chi connectivity index (χ4n) is 1.51. The third-order valence-corrected chi connectivity index (χ3v) is 2.26. The average molecular weight is 180 g/mol. The number of halogens is 2. The van der Waals surface area contributed by atoms with Crippen LogP contribution in [0.3, 0.4) is 0 Å². The van der Waals surface area contributed by atoms with Crippen LogP contribution in [0.1, 0.15) is 6.42 Å². The van der Waals surface area contributed by atoms with E-state index in [1.54, 1.807) is 0 Å². The Labute approximate surface area is 70.4 Å². The van der Waals surface area contributed by atoms with Gasteiger partial charge in [-0.05, 0) is 20.0 Å². The van der Waals surface area contributed by atoms with Crippen molar-refractivity contribution in [2.45, 2.75) is 12.3 Å². The second kappa shape index (κ2) is 3.64. The Morgan fingerprint density at radius 1 is 1.67 bits per heavy atom. The van der Waals surface area contributed by atoms with Gasteiger partial charge in [-0.2, -0.15) is 0 Å². The molecular weight excluding hydrogens is 166 g/mol. The molecule has 1 aliphatic rings. The lowest BCUT2D eigenvalue weighted by molar-refractivity contribution is -0.115. The molecule has 0 bridgehead atoms. The van der Waals surface area contributed by atoms with E-state index in [1.807, 2.05) is 11.9 Å². The summed E-state index contributed by atoms with van der Waals surface area (Å²) in [5.74, 6) is 1.24. The number of alkyl halides is 2. The molecule has 0 amide bonds. The summed E-state index contributed by atoms with van der Waals surface area (Å²) >= 11 is 0. The lowest BCUT2D eigenvalue weighted by atomic mass is 10.0. The molecule has 0 radical (unpaired) electrons. The maximum atomic E-state index is 13.1. The topological polar surface area (TPSA) is 38.5 Å². The van der Waals surface area contributed by atoms with Crippen LogP contribution < -0.4 is 5.90 Å². The zero-order chi connectivity index (χ0) is 9.19. The molecule has 2 N–H and O–H groups in total. The third-order valence-electron chi connectivity index (χ3n) is 2.26. The van der Waals surface area contributed by atoms with E-state index in [-0.39, 0.29) is 0 Å². The van der Waals surface area contributed by atoms with Gasteiger partial charge < -0.3 is 4.90 Å². The molecule has 1 atom stereocenters. The highest BCUT2D eigenvalue weighted by Crippen LogP contribution is 2.31. The standard InChI is InChI=1S/C7H14F2N2O/c1-11-3-2-6(4-11)7(8,9)5-12-10/h6H,2-5,10H2,1H3. The molecule has 3 nitrogen and oxygen atoms in total. The van der Waals surface area contributed by atoms with Crippen LogP contribution in [0.25, 0.3) is 0 Å². The molecule has 0 saturated carbocycles. The average Bonchev–Trinajstić information content (AvgIpc) is 2.36. The van der Waals surface area contributed by atoms with Crippen LogP contribution in [0.5, 0.6) is 0 Å². The van der Waals surface area contributed by atoms with E-state index in [4.69, 9.17) is 0 Å². The monoisotopic (exact) mass is 180 g/mol. The van der Waals surface area contributed by atoms with Crippen molar-refractivity contribution in [3.63, 3.8) is 0 Å². The minimum atomic E-state index is -2.78. The first kappa shape index (κ1) is 9.83. The van der Waals surface area contributed by atoms with Gasteiger partial charge in [0, 0.05) is 12.5 Å². The Kier molecular flexibility index (Phi) is 2.98. The van der Waals surface area contributed by atoms with E-state index in [2.05, 4.69) is 10.7 Å². The van der Waals surface area contributed by atoms with Crippen molar-refractivity contribution in [2.24, 2.45) is 11.8 Å². The van der Waals surface area contributed by atoms with Gasteiger partial charge in [-0.3, -0.25) is 4.84 Å². The molecule has 0 aromatic heterocycles. The fourth-order valence-corrected chi connectivity index (χ4v) is 1.51. The van der Waals surface area contributed by atoms with E-state index < -0.39 is 18.4 Å². The zero-order valence-electron chi connectivity index (χ0n) is 7.09. The predicted molar refractivity (Wildman–Crippen MR) is 40.7 cm³/mol. The first-order chi connectivity index (χ1) is 5.56. The molecule has 1 aliphatic heterocycles. The Bertz CT molecular complexity index is 154. The van der Waals surface area contributed by atoms with Gasteiger partial charge in [-0.15, -0.1) is 0 Å². The molecule has 1 heterocycles. The summed E-state index contributed by atoms with van der Waals surface area (Å²) in [4.78, 5) is 5.87. The molecule has 0 aromatic rings. The first-order valence-electron chi connectivity index (χ1n) is 3.94. The summed E-state index contributed by atoms with van der Waals surface area (Å²) in [7, 11) is 1.83. The summed E-state index contributed by atoms with van der Waals surface area (Å²) in [6, 6.07) is 0. The molecule has 0 aromatic carbocycles. The lowest BCUT2D eigenvalue weighted by Crippen LogP contribution is -2.36. The highest BCUT2D eigenvalue weighted by molar-refractivity contribution is 4.84. The summed E-state index contributed by atoms with van der Waals surface area (Å²) in [6.07, 6.45) is 0.521. The molecular formula is C7H14F2N2O. The quantitative estimate of drug-likeness (QED) is 0.641. The summed E-state index contributed by atoms with van der Waals surface area (Å²) in [6.45, 7) is 0.479. The molecule has 12 heavy (non-hydrogen) atoms. The van der Waals surface area contributed by atoms with Gasteiger partial charge >= 0.3 is 0 Å². The predicted octanol–water partition coefficient (Wildman–Crippen LogP) is 0.464. The second-order valence-electron chi connectivity index (χ2n) is 3.32. The SMILES string of the molecule is CN1CCC(C(F)(F)CON)C1. The third kappa shape index (κ3) is 2.12. The maximum Gasteiger partial charge on any atom is 0.276 e. The summed E-state index contributed by atoms with van der Waals surface area (Å²) in [5, 5.41) is 0. The van der Waals surface area contributed by atoms with Crippen molar-refractivity contribution in [1.29, 1.82) is 0 Å². The molecule has 1 fully saturated rings. The van der Waals surface area contributed by atoms with Gasteiger partial charge in [0.15, 0.2) is 0 Å². The Balaban J connectivity index is 2.45. The highest BCUT2D eigenvalue weighted by atomic mass is 19.3. The van der Waals surface area contributed by atoms with Crippen LogP contribution in [0.2, 0.25) is 0 Å². The smallest absolute Gasteiger partial charge is 0.276 e. The number of likely N-dealkylation sites (tertiary alicyclic amines) is 1. The summed E-state index contributed by atoms with van der Waals surface area (Å²) in [5.41, 5.74) is 0. The van der Waals surface area contributed by atoms with Crippen LogP contribution in [0, 0.1) is 5.92 Å². The van der Waals surface area contributed by atoms with Crippen molar-refractivity contribution < 1.29 is 13.6 Å². The van der Waals surface area contributed by atoms with E-state index in [1.165, 1.54) is 0 Å². The molecule has 1 rings (SSSR count). The van der Waals surface area contributed by atoms with Crippen molar-refractivity contribution in [3.05, 3.63) is 0 Å². The van der Waals surface area contributed by atoms with Gasteiger partial charge in [0.1, 0.15) is 6.61 Å². The van der Waals surface area contributed by atoms with Gasteiger partial charge in [-0.25, -0.2) is 14.7 Å². The van der Waals surface area contributed by atoms with Crippen molar-refractivity contribution in [3.8, 4) is 0 Å².